The van der Waals surface area contributed by atoms with E-state index < -0.39 is 18.1 Å². The van der Waals surface area contributed by atoms with E-state index in [0.29, 0.717) is 13.0 Å². The Labute approximate surface area is 324 Å². The van der Waals surface area contributed by atoms with E-state index in [4.69, 9.17) is 19.5 Å². The molecule has 2 fully saturated rings. The number of carbonyl (C=O) groups is 4. The van der Waals surface area contributed by atoms with Gasteiger partial charge in [-0.2, -0.15) is 0 Å². The van der Waals surface area contributed by atoms with Crippen molar-refractivity contribution in [3.63, 3.8) is 0 Å². The van der Waals surface area contributed by atoms with Crippen molar-refractivity contribution in [2.24, 2.45) is 27.7 Å². The third kappa shape index (κ3) is 8.92. The van der Waals surface area contributed by atoms with E-state index in [0.717, 1.165) is 89.8 Å². The van der Waals surface area contributed by atoms with Gasteiger partial charge >= 0.3 is 12.1 Å². The van der Waals surface area contributed by atoms with Crippen LogP contribution in [-0.4, -0.2) is 90.5 Å². The highest BCUT2D eigenvalue weighted by molar-refractivity contribution is 6.04. The normalized spacial score (nSPS) is 21.5. The maximum atomic E-state index is 13.8. The third-order valence-electron chi connectivity index (χ3n) is 11.6. The first-order valence-corrected chi connectivity index (χ1v) is 19.7. The molecule has 1 saturated heterocycles. The topological polar surface area (TPSA) is 130 Å². The van der Waals surface area contributed by atoms with E-state index in [1.54, 1.807) is 4.90 Å². The van der Waals surface area contributed by atoms with Crippen LogP contribution >= 0.6 is 0 Å². The summed E-state index contributed by atoms with van der Waals surface area (Å²) >= 11 is 0. The Morgan fingerprint density at radius 2 is 1.33 bits per heavy atom. The third-order valence-corrected chi connectivity index (χ3v) is 11.6. The number of carbonyl (C=O) groups excluding carboxylic acids is 4. The predicted molar refractivity (Wildman–Crippen MR) is 215 cm³/mol. The molecular formula is C44H55N5O6. The molecule has 2 aromatic carbocycles. The molecule has 3 aliphatic heterocycles. The largest absolute Gasteiger partial charge is 0.468 e. The smallest absolute Gasteiger partial charge is 0.407 e. The number of hydrogen-bond donors (Lipinski definition) is 1. The quantitative estimate of drug-likeness (QED) is 0.227. The van der Waals surface area contributed by atoms with Crippen LogP contribution in [0.15, 0.2) is 70.9 Å². The van der Waals surface area contributed by atoms with E-state index in [1.807, 2.05) is 45.0 Å². The second kappa shape index (κ2) is 17.6. The molecule has 4 aliphatic rings. The first-order chi connectivity index (χ1) is 26.5. The fourth-order valence-electron chi connectivity index (χ4n) is 8.44. The number of nitrogens with one attached hydrogen (secondary N) is 1. The van der Waals surface area contributed by atoms with Crippen LogP contribution in [0.1, 0.15) is 90.2 Å². The van der Waals surface area contributed by atoms with Gasteiger partial charge in [0.1, 0.15) is 12.6 Å². The van der Waals surface area contributed by atoms with E-state index in [1.165, 1.54) is 14.2 Å². The molecule has 3 heterocycles. The number of aliphatic imine (C=N–C) groups is 2. The molecular weight excluding hydrogens is 695 g/mol. The van der Waals surface area contributed by atoms with Crippen LogP contribution < -0.4 is 5.32 Å². The molecule has 0 bridgehead atoms. The molecule has 0 unspecified atom stereocenters. The summed E-state index contributed by atoms with van der Waals surface area (Å²) < 4.78 is 9.65. The first-order valence-electron chi connectivity index (χ1n) is 19.7. The molecule has 11 heteroatoms. The molecule has 1 aliphatic carbocycles. The maximum absolute atomic E-state index is 13.8. The van der Waals surface area contributed by atoms with Gasteiger partial charge < -0.3 is 24.6 Å². The second-order valence-electron chi connectivity index (χ2n) is 15.7. The SMILES string of the molecule is COC(=O)CN(C(=O)[C@@H]1CCCC[C@@H]1C1=NC=C(c2ccc(-c3ccc(C4=CN=C([C@@H]5CCCN5C(=O)[C@@H](NC(=O)OC)C(C)C)C4)cc3)cc2)C1)C(C)C. The van der Waals surface area contributed by atoms with E-state index in [-0.39, 0.29) is 48.2 Å². The Morgan fingerprint density at radius 3 is 1.89 bits per heavy atom. The Bertz CT molecular complexity index is 1880. The maximum Gasteiger partial charge on any atom is 0.407 e. The lowest BCUT2D eigenvalue weighted by molar-refractivity contribution is -0.150. The zero-order valence-electron chi connectivity index (χ0n) is 33.0. The molecule has 0 aromatic heterocycles. The van der Waals surface area contributed by atoms with Crippen molar-refractivity contribution in [2.45, 2.75) is 97.2 Å². The molecule has 4 atom stereocenters. The summed E-state index contributed by atoms with van der Waals surface area (Å²) in [6, 6.07) is 16.3. The number of alkyl carbamates (subject to hydrolysis) is 1. The first kappa shape index (κ1) is 39.6. The summed E-state index contributed by atoms with van der Waals surface area (Å²) in [6.07, 6.45) is 10.2. The van der Waals surface area contributed by atoms with Gasteiger partial charge in [0.25, 0.3) is 0 Å². The summed E-state index contributed by atoms with van der Waals surface area (Å²) in [5.41, 5.74) is 8.76. The van der Waals surface area contributed by atoms with Crippen molar-refractivity contribution < 1.29 is 28.7 Å². The molecule has 11 nitrogen and oxygen atoms in total. The Balaban J connectivity index is 1.05. The van der Waals surface area contributed by atoms with Crippen molar-refractivity contribution in [1.82, 2.24) is 15.1 Å². The molecule has 0 spiro atoms. The summed E-state index contributed by atoms with van der Waals surface area (Å²) in [4.78, 5) is 64.6. The van der Waals surface area contributed by atoms with Crippen molar-refractivity contribution >= 4 is 46.4 Å². The highest BCUT2D eigenvalue weighted by Gasteiger charge is 2.40. The van der Waals surface area contributed by atoms with Crippen molar-refractivity contribution in [3.05, 3.63) is 72.1 Å². The number of methoxy groups -OCH3 is 2. The Kier molecular flexibility index (Phi) is 12.7. The van der Waals surface area contributed by atoms with Crippen molar-refractivity contribution in [2.75, 3.05) is 27.3 Å². The molecule has 0 radical (unpaired) electrons. The molecule has 1 N–H and O–H groups in total. The molecule has 6 rings (SSSR count). The van der Waals surface area contributed by atoms with Crippen LogP contribution in [0.25, 0.3) is 22.3 Å². The molecule has 1 saturated carbocycles. The Hall–Kier alpha value is -5.06. The van der Waals surface area contributed by atoms with Gasteiger partial charge in [-0.3, -0.25) is 24.4 Å². The predicted octanol–water partition coefficient (Wildman–Crippen LogP) is 7.31. The monoisotopic (exact) mass is 749 g/mol. The molecule has 55 heavy (non-hydrogen) atoms. The number of hydrogen-bond acceptors (Lipinski definition) is 8. The van der Waals surface area contributed by atoms with Crippen LogP contribution in [0.2, 0.25) is 0 Å². The lowest BCUT2D eigenvalue weighted by Crippen LogP contribution is -2.53. The lowest BCUT2D eigenvalue weighted by Gasteiger charge is -2.36. The van der Waals surface area contributed by atoms with Crippen LogP contribution in [0.3, 0.4) is 0 Å². The van der Waals surface area contributed by atoms with Gasteiger partial charge in [-0.25, -0.2) is 4.79 Å². The Morgan fingerprint density at radius 1 is 0.764 bits per heavy atom. The fourth-order valence-corrected chi connectivity index (χ4v) is 8.44. The van der Waals surface area contributed by atoms with Crippen LogP contribution in [-0.2, 0) is 23.9 Å². The number of esters is 1. The minimum absolute atomic E-state index is 0.0207. The molecule has 3 amide bonds. The number of rotatable bonds is 12. The zero-order valence-corrected chi connectivity index (χ0v) is 33.0. The van der Waals surface area contributed by atoms with Crippen LogP contribution in [0.4, 0.5) is 4.79 Å². The minimum Gasteiger partial charge on any atom is -0.468 e. The number of likely N-dealkylation sites (tertiary alicyclic amines) is 1. The number of nitrogens with zero attached hydrogens (tertiary/aromatic N) is 4. The second-order valence-corrected chi connectivity index (χ2v) is 15.7. The highest BCUT2D eigenvalue weighted by atomic mass is 16.5. The molecule has 292 valence electrons. The standard InChI is InChI=1S/C44H55N5O6/c1-27(2)41(47-44(53)55-6)43(52)48-21-9-12-39(48)38-23-34(25-46-38)32-19-15-30(16-20-32)29-13-17-31(18-14-29)33-22-37(45-24-33)35-10-7-8-11-36(35)42(51)49(28(3)4)26-40(50)54-5/h13-20,24-25,27-28,35-36,39,41H,7-12,21-23,26H2,1-6H3,(H,47,53)/t35-,36+,39-,41-/m0/s1. The van der Waals surface area contributed by atoms with Gasteiger partial charge in [0, 0.05) is 61.1 Å². The lowest BCUT2D eigenvalue weighted by atomic mass is 9.74. The van der Waals surface area contributed by atoms with Gasteiger partial charge in [-0.05, 0) is 78.8 Å². The van der Waals surface area contributed by atoms with E-state index >= 15 is 0 Å². The summed E-state index contributed by atoms with van der Waals surface area (Å²) in [5.74, 6) is -0.672. The average molecular weight is 750 g/mol. The van der Waals surface area contributed by atoms with Gasteiger partial charge in [-0.1, -0.05) is 75.2 Å². The number of benzene rings is 2. The van der Waals surface area contributed by atoms with Gasteiger partial charge in [-0.15, -0.1) is 0 Å². The fraction of sp³-hybridized carbons (Fsp3) is 0.500. The summed E-state index contributed by atoms with van der Waals surface area (Å²) in [7, 11) is 2.66. The minimum atomic E-state index is -0.654. The molecule has 2 aromatic rings. The van der Waals surface area contributed by atoms with Crippen molar-refractivity contribution in [3.8, 4) is 11.1 Å². The van der Waals surface area contributed by atoms with Crippen LogP contribution in [0, 0.1) is 17.8 Å². The van der Waals surface area contributed by atoms with Gasteiger partial charge in [0.2, 0.25) is 11.8 Å². The van der Waals surface area contributed by atoms with E-state index in [9.17, 15) is 19.2 Å². The number of amides is 3. The summed E-state index contributed by atoms with van der Waals surface area (Å²) in [5, 5.41) is 2.72. The van der Waals surface area contributed by atoms with E-state index in [2.05, 4.69) is 53.8 Å². The zero-order chi connectivity index (χ0) is 39.2. The average Bonchev–Trinajstić information content (AvgIpc) is 4.00. The summed E-state index contributed by atoms with van der Waals surface area (Å²) in [6.45, 7) is 8.33. The number of allylic oxidation sites excluding steroid dienone is 2. The van der Waals surface area contributed by atoms with Crippen LogP contribution in [0.5, 0.6) is 0 Å². The highest BCUT2D eigenvalue weighted by Crippen LogP contribution is 2.38. The van der Waals surface area contributed by atoms with Gasteiger partial charge in [0.15, 0.2) is 0 Å². The van der Waals surface area contributed by atoms with Gasteiger partial charge in [0.05, 0.1) is 20.3 Å². The van der Waals surface area contributed by atoms with Crippen molar-refractivity contribution in [1.29, 1.82) is 0 Å². The number of ether oxygens (including phenoxy) is 2.